The van der Waals surface area contributed by atoms with Gasteiger partial charge in [0.25, 0.3) is 0 Å². The van der Waals surface area contributed by atoms with Crippen molar-refractivity contribution in [2.24, 2.45) is 0 Å². The second-order valence-corrected chi connectivity index (χ2v) is 11.6. The van der Waals surface area contributed by atoms with Gasteiger partial charge >= 0.3 is 23.9 Å². The molecule has 270 valence electrons. The first-order chi connectivity index (χ1) is 26.2. The lowest BCUT2D eigenvalue weighted by Crippen LogP contribution is -2.01. The molecule has 0 radical (unpaired) electrons. The lowest BCUT2D eigenvalue weighted by Gasteiger charge is -2.08. The van der Waals surface area contributed by atoms with Crippen molar-refractivity contribution in [3.63, 3.8) is 0 Å². The predicted octanol–water partition coefficient (Wildman–Crippen LogP) is 8.30. The number of hydrogen-bond donors (Lipinski definition) is 0. The highest BCUT2D eigenvalue weighted by Gasteiger charge is 2.11. The highest BCUT2D eigenvalue weighted by atomic mass is 16.5. The lowest BCUT2D eigenvalue weighted by atomic mass is 10.1. The molecule has 0 N–H and O–H groups in total. The summed E-state index contributed by atoms with van der Waals surface area (Å²) in [4.78, 5) is 57.9. The normalized spacial score (nSPS) is 11.3. The van der Waals surface area contributed by atoms with Gasteiger partial charge in [-0.15, -0.1) is 0 Å². The van der Waals surface area contributed by atoms with Crippen LogP contribution in [0.4, 0.5) is 0 Å². The Morgan fingerprint density at radius 1 is 0.333 bits per heavy atom. The van der Waals surface area contributed by atoms with E-state index < -0.39 is 23.9 Å². The van der Waals surface area contributed by atoms with Crippen molar-refractivity contribution in [2.45, 2.75) is 0 Å². The number of carbonyl (C=O) groups is 4. The maximum atomic E-state index is 12.0. The SMILES string of the molecule is COC(=O)c1ccc(/C=C/c2nc(/C=C/c3ccc(C(=O)OC)cc3)c(/C=C/c3ccc(C(=O)OC)cc3)nc2/C=C/c2ccc(C(=O)OC)cc2)cc1. The Kier molecular flexibility index (Phi) is 12.9. The van der Waals surface area contributed by atoms with Crippen molar-refractivity contribution in [1.29, 1.82) is 0 Å². The quantitative estimate of drug-likeness (QED) is 0.0916. The van der Waals surface area contributed by atoms with Gasteiger partial charge in [0.2, 0.25) is 0 Å². The number of benzene rings is 4. The molecule has 5 rings (SSSR count). The van der Waals surface area contributed by atoms with E-state index in [0.29, 0.717) is 45.0 Å². The molecule has 5 aromatic rings. The zero-order valence-electron chi connectivity index (χ0n) is 30.0. The number of ether oxygens (including phenoxy) is 4. The second kappa shape index (κ2) is 18.3. The fourth-order valence-corrected chi connectivity index (χ4v) is 5.07. The number of carbonyl (C=O) groups excluding carboxylic acids is 4. The van der Waals surface area contributed by atoms with Gasteiger partial charge in [-0.1, -0.05) is 72.8 Å². The summed E-state index contributed by atoms with van der Waals surface area (Å²) in [5, 5.41) is 0. The molecular formula is C44H36N2O8. The predicted molar refractivity (Wildman–Crippen MR) is 209 cm³/mol. The zero-order valence-corrected chi connectivity index (χ0v) is 30.0. The number of aromatic nitrogens is 2. The molecule has 0 saturated carbocycles. The monoisotopic (exact) mass is 720 g/mol. The van der Waals surface area contributed by atoms with E-state index in [1.165, 1.54) is 28.4 Å². The van der Waals surface area contributed by atoms with E-state index in [-0.39, 0.29) is 0 Å². The number of rotatable bonds is 12. The summed E-state index contributed by atoms with van der Waals surface area (Å²) in [5.41, 5.74) is 7.20. The Labute approximate surface area is 312 Å². The summed E-state index contributed by atoms with van der Waals surface area (Å²) in [6.07, 6.45) is 14.8. The smallest absolute Gasteiger partial charge is 0.337 e. The third-order valence-electron chi connectivity index (χ3n) is 8.07. The lowest BCUT2D eigenvalue weighted by molar-refractivity contribution is 0.0592. The largest absolute Gasteiger partial charge is 0.465 e. The number of nitrogens with zero attached hydrogens (tertiary/aromatic N) is 2. The van der Waals surface area contributed by atoms with Crippen molar-refractivity contribution in [3.8, 4) is 0 Å². The average molecular weight is 721 g/mol. The third-order valence-corrected chi connectivity index (χ3v) is 8.07. The molecule has 54 heavy (non-hydrogen) atoms. The fraction of sp³-hybridized carbons (Fsp3) is 0.0909. The minimum absolute atomic E-state index is 0.428. The van der Waals surface area contributed by atoms with E-state index in [0.717, 1.165) is 22.3 Å². The molecule has 0 unspecified atom stereocenters. The third kappa shape index (κ3) is 9.98. The van der Waals surface area contributed by atoms with Gasteiger partial charge in [0.1, 0.15) is 0 Å². The first-order valence-electron chi connectivity index (χ1n) is 16.6. The minimum atomic E-state index is -0.428. The molecule has 0 aliphatic rings. The Balaban J connectivity index is 1.59. The molecule has 0 saturated heterocycles. The summed E-state index contributed by atoms with van der Waals surface area (Å²) in [6.45, 7) is 0. The molecule has 0 aliphatic heterocycles. The standard InChI is InChI=1S/C44H36N2O8/c1-51-41(47)33-17-5-29(6-18-33)13-25-37-38(26-14-30-7-19-34(20-8-30)42(48)52-2)46-40(28-16-32-11-23-36(24-12-32)44(50)54-4)39(45-37)27-15-31-9-21-35(22-10-31)43(49)53-3/h5-28H,1-4H3/b25-13+,26-14+,27-15+,28-16+. The maximum absolute atomic E-state index is 12.0. The van der Waals surface area contributed by atoms with E-state index >= 15 is 0 Å². The Bertz CT molecular complexity index is 1930. The van der Waals surface area contributed by atoms with Crippen LogP contribution in [0.15, 0.2) is 97.1 Å². The van der Waals surface area contributed by atoms with Gasteiger partial charge in [0, 0.05) is 0 Å². The molecule has 0 amide bonds. The van der Waals surface area contributed by atoms with Crippen LogP contribution in [0.25, 0.3) is 48.6 Å². The van der Waals surface area contributed by atoms with Crippen LogP contribution in [-0.2, 0) is 18.9 Å². The van der Waals surface area contributed by atoms with Crippen LogP contribution in [0.2, 0.25) is 0 Å². The van der Waals surface area contributed by atoms with E-state index in [1.807, 2.05) is 48.6 Å². The van der Waals surface area contributed by atoms with Crippen molar-refractivity contribution >= 4 is 72.5 Å². The molecule has 0 spiro atoms. The van der Waals surface area contributed by atoms with Crippen molar-refractivity contribution in [1.82, 2.24) is 9.97 Å². The molecule has 1 aromatic heterocycles. The summed E-state index contributed by atoms with van der Waals surface area (Å²) < 4.78 is 19.3. The van der Waals surface area contributed by atoms with Gasteiger partial charge in [0.05, 0.1) is 73.5 Å². The Morgan fingerprint density at radius 3 is 0.685 bits per heavy atom. The van der Waals surface area contributed by atoms with Crippen LogP contribution in [0.1, 0.15) is 86.5 Å². The van der Waals surface area contributed by atoms with Gasteiger partial charge in [-0.25, -0.2) is 29.1 Å². The van der Waals surface area contributed by atoms with E-state index in [2.05, 4.69) is 0 Å². The van der Waals surface area contributed by atoms with Crippen LogP contribution in [0.3, 0.4) is 0 Å². The van der Waals surface area contributed by atoms with Gasteiger partial charge in [0.15, 0.2) is 0 Å². The molecule has 0 aliphatic carbocycles. The highest BCUT2D eigenvalue weighted by Crippen LogP contribution is 2.21. The molecule has 10 nitrogen and oxygen atoms in total. The fourth-order valence-electron chi connectivity index (χ4n) is 5.07. The second-order valence-electron chi connectivity index (χ2n) is 11.6. The summed E-state index contributed by atoms with van der Waals surface area (Å²) in [5.74, 6) is -1.71. The summed E-state index contributed by atoms with van der Waals surface area (Å²) >= 11 is 0. The number of hydrogen-bond acceptors (Lipinski definition) is 10. The van der Waals surface area contributed by atoms with Crippen molar-refractivity contribution in [2.75, 3.05) is 28.4 Å². The highest BCUT2D eigenvalue weighted by molar-refractivity contribution is 5.92. The summed E-state index contributed by atoms with van der Waals surface area (Å²) in [6, 6.07) is 27.9. The van der Waals surface area contributed by atoms with E-state index in [1.54, 1.807) is 97.1 Å². The van der Waals surface area contributed by atoms with Gasteiger partial charge in [-0.2, -0.15) is 0 Å². The molecule has 0 bridgehead atoms. The zero-order chi connectivity index (χ0) is 38.5. The summed E-state index contributed by atoms with van der Waals surface area (Å²) in [7, 11) is 5.33. The maximum Gasteiger partial charge on any atom is 0.337 e. The van der Waals surface area contributed by atoms with Gasteiger partial charge in [-0.3, -0.25) is 0 Å². The Morgan fingerprint density at radius 2 is 0.519 bits per heavy atom. The first kappa shape index (κ1) is 38.0. The van der Waals surface area contributed by atoms with Crippen molar-refractivity contribution in [3.05, 3.63) is 164 Å². The molecule has 0 atom stereocenters. The van der Waals surface area contributed by atoms with Gasteiger partial charge in [-0.05, 0) is 95.1 Å². The van der Waals surface area contributed by atoms with E-state index in [9.17, 15) is 19.2 Å². The first-order valence-corrected chi connectivity index (χ1v) is 16.6. The molecular weight excluding hydrogens is 684 g/mol. The molecule has 1 heterocycles. The van der Waals surface area contributed by atoms with Crippen LogP contribution in [-0.4, -0.2) is 62.3 Å². The van der Waals surface area contributed by atoms with Crippen LogP contribution >= 0.6 is 0 Å². The number of esters is 4. The molecule has 10 heteroatoms. The Hall–Kier alpha value is -7.20. The minimum Gasteiger partial charge on any atom is -0.465 e. The van der Waals surface area contributed by atoms with E-state index in [4.69, 9.17) is 28.9 Å². The van der Waals surface area contributed by atoms with Crippen LogP contribution in [0.5, 0.6) is 0 Å². The number of methoxy groups -OCH3 is 4. The van der Waals surface area contributed by atoms with Crippen LogP contribution in [0, 0.1) is 0 Å². The van der Waals surface area contributed by atoms with Crippen molar-refractivity contribution < 1.29 is 38.1 Å². The molecule has 4 aromatic carbocycles. The molecule has 0 fully saturated rings. The average Bonchev–Trinajstić information content (AvgIpc) is 3.23. The topological polar surface area (TPSA) is 131 Å². The van der Waals surface area contributed by atoms with Crippen LogP contribution < -0.4 is 0 Å². The van der Waals surface area contributed by atoms with Gasteiger partial charge < -0.3 is 18.9 Å².